The monoisotopic (exact) mass is 296 g/mol. The molecule has 1 aromatic rings. The molecule has 6 heteroatoms. The molecule has 0 radical (unpaired) electrons. The molecule has 0 aliphatic carbocycles. The molecule has 1 unspecified atom stereocenters. The summed E-state index contributed by atoms with van der Waals surface area (Å²) in [6.45, 7) is 1.47. The Labute approximate surface area is 122 Å². The van der Waals surface area contributed by atoms with Crippen LogP contribution in [-0.4, -0.2) is 37.1 Å². The number of aromatic carboxylic acids is 1. The van der Waals surface area contributed by atoms with E-state index >= 15 is 0 Å². The first-order chi connectivity index (χ1) is 9.52. The van der Waals surface area contributed by atoms with Crippen LogP contribution in [0.5, 0.6) is 0 Å². The summed E-state index contributed by atoms with van der Waals surface area (Å²) in [7, 11) is 1.64. The van der Waals surface area contributed by atoms with E-state index in [0.29, 0.717) is 6.54 Å². The zero-order valence-electron chi connectivity index (χ0n) is 11.2. The average Bonchev–Trinajstić information content (AvgIpc) is 2.46. The third-order valence-corrected chi connectivity index (χ3v) is 3.90. The third kappa shape index (κ3) is 3.04. The molecule has 108 valence electrons. The second-order valence-electron chi connectivity index (χ2n) is 4.87. The van der Waals surface area contributed by atoms with Crippen LogP contribution in [0.3, 0.4) is 0 Å². The number of carboxylic acid groups (broad SMARTS) is 1. The van der Waals surface area contributed by atoms with Crippen LogP contribution in [-0.2, 0) is 4.79 Å². The first kappa shape index (κ1) is 14.7. The van der Waals surface area contributed by atoms with Crippen LogP contribution < -0.4 is 10.2 Å². The zero-order chi connectivity index (χ0) is 14.7. The van der Waals surface area contributed by atoms with E-state index in [4.69, 9.17) is 16.7 Å². The molecule has 1 heterocycles. The highest BCUT2D eigenvalue weighted by molar-refractivity contribution is 6.33. The minimum atomic E-state index is -1.04. The van der Waals surface area contributed by atoms with Gasteiger partial charge in [-0.2, -0.15) is 0 Å². The van der Waals surface area contributed by atoms with Crippen molar-refractivity contribution in [2.24, 2.45) is 5.92 Å². The normalized spacial score (nSPS) is 18.7. The largest absolute Gasteiger partial charge is 0.478 e. The van der Waals surface area contributed by atoms with Gasteiger partial charge in [-0.3, -0.25) is 4.79 Å². The van der Waals surface area contributed by atoms with Crippen molar-refractivity contribution < 1.29 is 14.7 Å². The summed E-state index contributed by atoms with van der Waals surface area (Å²) < 4.78 is 0. The molecule has 2 N–H and O–H groups in total. The van der Waals surface area contributed by atoms with Gasteiger partial charge in [-0.05, 0) is 31.0 Å². The van der Waals surface area contributed by atoms with E-state index in [-0.39, 0.29) is 22.4 Å². The number of nitrogens with zero attached hydrogens (tertiary/aromatic N) is 1. The van der Waals surface area contributed by atoms with E-state index in [1.54, 1.807) is 19.2 Å². The number of halogens is 1. The minimum absolute atomic E-state index is 0.0355. The van der Waals surface area contributed by atoms with E-state index in [1.807, 2.05) is 0 Å². The van der Waals surface area contributed by atoms with Gasteiger partial charge < -0.3 is 15.3 Å². The number of benzene rings is 1. The van der Waals surface area contributed by atoms with Crippen molar-refractivity contribution in [3.8, 4) is 0 Å². The molecule has 1 amide bonds. The van der Waals surface area contributed by atoms with E-state index in [2.05, 4.69) is 10.2 Å². The Kier molecular flexibility index (Phi) is 4.49. The maximum atomic E-state index is 11.7. The summed E-state index contributed by atoms with van der Waals surface area (Å²) in [4.78, 5) is 24.7. The van der Waals surface area contributed by atoms with Crippen molar-refractivity contribution >= 4 is 29.2 Å². The van der Waals surface area contributed by atoms with Gasteiger partial charge in [-0.1, -0.05) is 11.6 Å². The van der Waals surface area contributed by atoms with Gasteiger partial charge in [0.1, 0.15) is 0 Å². The van der Waals surface area contributed by atoms with E-state index in [0.717, 1.165) is 25.1 Å². The highest BCUT2D eigenvalue weighted by atomic mass is 35.5. The molecule has 0 saturated carbocycles. The summed E-state index contributed by atoms with van der Waals surface area (Å²) >= 11 is 5.98. The van der Waals surface area contributed by atoms with Gasteiger partial charge in [-0.15, -0.1) is 0 Å². The smallest absolute Gasteiger partial charge is 0.337 e. The fraction of sp³-hybridized carbons (Fsp3) is 0.429. The molecular formula is C14H17ClN2O3. The summed E-state index contributed by atoms with van der Waals surface area (Å²) in [5, 5.41) is 11.9. The lowest BCUT2D eigenvalue weighted by Gasteiger charge is -2.33. The number of hydrogen-bond donors (Lipinski definition) is 2. The molecule has 1 fully saturated rings. The Morgan fingerprint density at radius 1 is 1.45 bits per heavy atom. The molecule has 1 saturated heterocycles. The van der Waals surface area contributed by atoms with Gasteiger partial charge >= 0.3 is 5.97 Å². The standard InChI is InChI=1S/C14H17ClN2O3/c1-16-13(18)9-3-2-6-17(8-9)10-4-5-11(14(19)20)12(15)7-10/h4-5,7,9H,2-3,6,8H2,1H3,(H,16,18)(H,19,20). The van der Waals surface area contributed by atoms with Crippen LogP contribution in [0.2, 0.25) is 5.02 Å². The van der Waals surface area contributed by atoms with Crippen molar-refractivity contribution in [1.82, 2.24) is 5.32 Å². The summed E-state index contributed by atoms with van der Waals surface area (Å²) in [6.07, 6.45) is 1.80. The van der Waals surface area contributed by atoms with Crippen molar-refractivity contribution in [2.45, 2.75) is 12.8 Å². The summed E-state index contributed by atoms with van der Waals surface area (Å²) in [6, 6.07) is 4.89. The number of rotatable bonds is 3. The molecule has 5 nitrogen and oxygen atoms in total. The molecule has 1 aliphatic heterocycles. The maximum Gasteiger partial charge on any atom is 0.337 e. The minimum Gasteiger partial charge on any atom is -0.478 e. The number of carbonyl (C=O) groups excluding carboxylic acids is 1. The number of carbonyl (C=O) groups is 2. The fourth-order valence-corrected chi connectivity index (χ4v) is 2.76. The predicted molar refractivity (Wildman–Crippen MR) is 77.4 cm³/mol. The first-order valence-electron chi connectivity index (χ1n) is 6.52. The average molecular weight is 297 g/mol. The van der Waals surface area contributed by atoms with Crippen molar-refractivity contribution in [2.75, 3.05) is 25.0 Å². The quantitative estimate of drug-likeness (QED) is 0.895. The number of nitrogens with one attached hydrogen (secondary N) is 1. The van der Waals surface area contributed by atoms with E-state index in [9.17, 15) is 9.59 Å². The van der Waals surface area contributed by atoms with Crippen LogP contribution in [0.1, 0.15) is 23.2 Å². The van der Waals surface area contributed by atoms with Crippen LogP contribution in [0.25, 0.3) is 0 Å². The topological polar surface area (TPSA) is 69.6 Å². The second kappa shape index (κ2) is 6.13. The molecular weight excluding hydrogens is 280 g/mol. The Hall–Kier alpha value is -1.75. The number of piperidine rings is 1. The van der Waals surface area contributed by atoms with Crippen LogP contribution in [0.4, 0.5) is 5.69 Å². The number of amides is 1. The highest BCUT2D eigenvalue weighted by Crippen LogP contribution is 2.27. The predicted octanol–water partition coefficient (Wildman–Crippen LogP) is 2.00. The molecule has 0 aromatic heterocycles. The Morgan fingerprint density at radius 2 is 2.20 bits per heavy atom. The molecule has 20 heavy (non-hydrogen) atoms. The molecule has 0 bridgehead atoms. The SMILES string of the molecule is CNC(=O)C1CCCN(c2ccc(C(=O)O)c(Cl)c2)C1. The van der Waals surface area contributed by atoms with Crippen LogP contribution >= 0.6 is 11.6 Å². The third-order valence-electron chi connectivity index (χ3n) is 3.59. The summed E-state index contributed by atoms with van der Waals surface area (Å²) in [5.41, 5.74) is 0.948. The van der Waals surface area contributed by atoms with E-state index < -0.39 is 5.97 Å². The molecule has 1 atom stereocenters. The zero-order valence-corrected chi connectivity index (χ0v) is 12.0. The molecule has 1 aliphatic rings. The van der Waals surface area contributed by atoms with Crippen LogP contribution in [0.15, 0.2) is 18.2 Å². The Balaban J connectivity index is 2.17. The first-order valence-corrected chi connectivity index (χ1v) is 6.90. The number of carboxylic acids is 1. The lowest BCUT2D eigenvalue weighted by atomic mass is 9.96. The lowest BCUT2D eigenvalue weighted by molar-refractivity contribution is -0.124. The molecule has 1 aromatic carbocycles. The van der Waals surface area contributed by atoms with Gasteiger partial charge in [0.15, 0.2) is 0 Å². The Bertz CT molecular complexity index is 533. The Morgan fingerprint density at radius 3 is 2.80 bits per heavy atom. The van der Waals surface area contributed by atoms with Gasteiger partial charge in [0.25, 0.3) is 0 Å². The van der Waals surface area contributed by atoms with Crippen molar-refractivity contribution in [1.29, 1.82) is 0 Å². The highest BCUT2D eigenvalue weighted by Gasteiger charge is 2.25. The molecule has 0 spiro atoms. The van der Waals surface area contributed by atoms with Crippen LogP contribution in [0, 0.1) is 5.92 Å². The number of anilines is 1. The van der Waals surface area contributed by atoms with Crippen molar-refractivity contribution in [3.05, 3.63) is 28.8 Å². The van der Waals surface area contributed by atoms with Gasteiger partial charge in [0, 0.05) is 25.8 Å². The second-order valence-corrected chi connectivity index (χ2v) is 5.28. The van der Waals surface area contributed by atoms with Gasteiger partial charge in [0.05, 0.1) is 16.5 Å². The summed E-state index contributed by atoms with van der Waals surface area (Å²) in [5.74, 6) is -1.03. The van der Waals surface area contributed by atoms with E-state index in [1.165, 1.54) is 6.07 Å². The lowest BCUT2D eigenvalue weighted by Crippen LogP contribution is -2.42. The molecule has 2 rings (SSSR count). The maximum absolute atomic E-state index is 11.7. The van der Waals surface area contributed by atoms with Gasteiger partial charge in [-0.25, -0.2) is 4.79 Å². The van der Waals surface area contributed by atoms with Crippen molar-refractivity contribution in [3.63, 3.8) is 0 Å². The van der Waals surface area contributed by atoms with Gasteiger partial charge in [0.2, 0.25) is 5.91 Å². The number of hydrogen-bond acceptors (Lipinski definition) is 3. The fourth-order valence-electron chi connectivity index (χ4n) is 2.50.